The Morgan fingerprint density at radius 1 is 0.970 bits per heavy atom. The molecule has 0 aliphatic rings. The van der Waals surface area contributed by atoms with Gasteiger partial charge in [-0.3, -0.25) is 13.9 Å². The Hall–Kier alpha value is -3.56. The van der Waals surface area contributed by atoms with Crippen LogP contribution in [0, 0.1) is 0 Å². The second-order valence-corrected chi connectivity index (χ2v) is 9.38. The van der Waals surface area contributed by atoms with Gasteiger partial charge in [0.05, 0.1) is 28.4 Å². The molecule has 2 N–H and O–H groups in total. The van der Waals surface area contributed by atoms with E-state index in [2.05, 4.69) is 10.6 Å². The molecule has 0 heterocycles. The van der Waals surface area contributed by atoms with E-state index < -0.39 is 15.9 Å². The maximum absolute atomic E-state index is 13.0. The summed E-state index contributed by atoms with van der Waals surface area (Å²) in [7, 11) is -0.986. The van der Waals surface area contributed by atoms with Gasteiger partial charge in [0.2, 0.25) is 5.91 Å². The molecule has 172 valence electrons. The van der Waals surface area contributed by atoms with Crippen molar-refractivity contribution in [3.05, 3.63) is 77.3 Å². The van der Waals surface area contributed by atoms with E-state index in [1.807, 2.05) is 0 Å². The minimum atomic E-state index is -3.88. The summed E-state index contributed by atoms with van der Waals surface area (Å²) in [5.74, 6) is -0.290. The lowest BCUT2D eigenvalue weighted by atomic mass is 10.2. The summed E-state index contributed by atoms with van der Waals surface area (Å²) in [6.45, 7) is 1.38. The first-order chi connectivity index (χ1) is 15.6. The molecule has 3 aromatic carbocycles. The normalized spacial score (nSPS) is 10.9. The first-order valence-corrected chi connectivity index (χ1v) is 11.6. The molecule has 0 aliphatic heterocycles. The van der Waals surface area contributed by atoms with Gasteiger partial charge in [0, 0.05) is 25.2 Å². The van der Waals surface area contributed by atoms with Crippen molar-refractivity contribution in [2.75, 3.05) is 29.1 Å². The number of methoxy groups -OCH3 is 1. The average Bonchev–Trinajstić information content (AvgIpc) is 2.80. The number of nitrogens with one attached hydrogen (secondary N) is 2. The van der Waals surface area contributed by atoms with Crippen molar-refractivity contribution in [3.8, 4) is 5.75 Å². The van der Waals surface area contributed by atoms with E-state index in [1.165, 1.54) is 51.4 Å². The summed E-state index contributed by atoms with van der Waals surface area (Å²) in [4.78, 5) is 23.8. The van der Waals surface area contributed by atoms with Crippen molar-refractivity contribution < 1.29 is 22.7 Å². The highest BCUT2D eigenvalue weighted by Gasteiger charge is 2.24. The topological polar surface area (TPSA) is 105 Å². The first-order valence-electron chi connectivity index (χ1n) is 9.74. The van der Waals surface area contributed by atoms with Crippen molar-refractivity contribution in [2.24, 2.45) is 0 Å². The van der Waals surface area contributed by atoms with Crippen LogP contribution < -0.4 is 19.7 Å². The van der Waals surface area contributed by atoms with Gasteiger partial charge in [0.1, 0.15) is 5.75 Å². The number of nitrogens with zero attached hydrogens (tertiary/aromatic N) is 1. The second-order valence-electron chi connectivity index (χ2n) is 7.00. The summed E-state index contributed by atoms with van der Waals surface area (Å²) in [5, 5.41) is 5.51. The van der Waals surface area contributed by atoms with Gasteiger partial charge in [-0.25, -0.2) is 8.42 Å². The predicted octanol–water partition coefficient (Wildman–Crippen LogP) is 4.38. The van der Waals surface area contributed by atoms with Crippen molar-refractivity contribution in [2.45, 2.75) is 11.8 Å². The van der Waals surface area contributed by atoms with E-state index in [-0.39, 0.29) is 21.4 Å². The van der Waals surface area contributed by atoms with E-state index in [0.717, 1.165) is 4.31 Å². The molecule has 0 aromatic heterocycles. The predicted molar refractivity (Wildman–Crippen MR) is 129 cm³/mol. The molecular formula is C23H22ClN3O5S. The molecule has 33 heavy (non-hydrogen) atoms. The van der Waals surface area contributed by atoms with Crippen molar-refractivity contribution in [3.63, 3.8) is 0 Å². The number of ether oxygens (including phenoxy) is 1. The fraction of sp³-hybridized carbons (Fsp3) is 0.130. The fourth-order valence-electron chi connectivity index (χ4n) is 3.05. The van der Waals surface area contributed by atoms with Crippen molar-refractivity contribution in [1.82, 2.24) is 0 Å². The lowest BCUT2D eigenvalue weighted by Gasteiger charge is -2.21. The Bertz CT molecular complexity index is 1290. The van der Waals surface area contributed by atoms with Crippen LogP contribution in [0.3, 0.4) is 0 Å². The van der Waals surface area contributed by atoms with Gasteiger partial charge >= 0.3 is 0 Å². The lowest BCUT2D eigenvalue weighted by Crippen LogP contribution is -2.27. The van der Waals surface area contributed by atoms with E-state index in [9.17, 15) is 18.0 Å². The third-order valence-electron chi connectivity index (χ3n) is 4.74. The van der Waals surface area contributed by atoms with E-state index in [4.69, 9.17) is 16.3 Å². The Morgan fingerprint density at radius 3 is 2.24 bits per heavy atom. The number of rotatable bonds is 7. The molecule has 0 saturated heterocycles. The molecule has 0 spiro atoms. The summed E-state index contributed by atoms with van der Waals surface area (Å²) in [6, 6.07) is 17.0. The highest BCUT2D eigenvalue weighted by atomic mass is 35.5. The maximum atomic E-state index is 13.0. The van der Waals surface area contributed by atoms with Crippen LogP contribution in [0.4, 0.5) is 17.1 Å². The van der Waals surface area contributed by atoms with Gasteiger partial charge < -0.3 is 15.4 Å². The summed E-state index contributed by atoms with van der Waals surface area (Å²) in [6.07, 6.45) is 0. The van der Waals surface area contributed by atoms with Crippen LogP contribution in [0.25, 0.3) is 0 Å². The van der Waals surface area contributed by atoms with Crippen LogP contribution in [0.5, 0.6) is 5.75 Å². The number of hydrogen-bond acceptors (Lipinski definition) is 5. The molecule has 2 amide bonds. The van der Waals surface area contributed by atoms with E-state index in [0.29, 0.717) is 22.8 Å². The zero-order valence-electron chi connectivity index (χ0n) is 18.1. The number of halogens is 1. The van der Waals surface area contributed by atoms with Crippen molar-refractivity contribution in [1.29, 1.82) is 0 Å². The largest absolute Gasteiger partial charge is 0.495 e. The van der Waals surface area contributed by atoms with Crippen LogP contribution in [-0.4, -0.2) is 34.4 Å². The molecule has 8 nitrogen and oxygen atoms in total. The average molecular weight is 488 g/mol. The van der Waals surface area contributed by atoms with Gasteiger partial charge in [-0.05, 0) is 54.6 Å². The second kappa shape index (κ2) is 9.93. The molecule has 3 rings (SSSR count). The van der Waals surface area contributed by atoms with E-state index in [1.54, 1.807) is 36.4 Å². The van der Waals surface area contributed by atoms with Gasteiger partial charge in [0.15, 0.2) is 0 Å². The Labute approximate surface area is 197 Å². The van der Waals surface area contributed by atoms with Crippen LogP contribution in [0.15, 0.2) is 71.6 Å². The number of hydrogen-bond donors (Lipinski definition) is 2. The minimum Gasteiger partial charge on any atom is -0.495 e. The number of para-hydroxylation sites is 2. The highest BCUT2D eigenvalue weighted by molar-refractivity contribution is 7.92. The smallest absolute Gasteiger partial charge is 0.264 e. The summed E-state index contributed by atoms with van der Waals surface area (Å²) >= 11 is 6.19. The lowest BCUT2D eigenvalue weighted by molar-refractivity contribution is -0.114. The standard InChI is InChI=1S/C23H22ClN3O5S/c1-15(28)25-17-10-13-20(19(24)14-17)26-23(29)16-8-11-18(12-9-16)33(30,31)27(2)21-6-4-5-7-22(21)32-3/h4-14H,1-3H3,(H,25,28)(H,26,29). The zero-order valence-corrected chi connectivity index (χ0v) is 19.7. The van der Waals surface area contributed by atoms with Gasteiger partial charge in [-0.15, -0.1) is 0 Å². The van der Waals surface area contributed by atoms with Gasteiger partial charge in [-0.1, -0.05) is 23.7 Å². The molecule has 0 saturated carbocycles. The third-order valence-corrected chi connectivity index (χ3v) is 6.84. The first kappa shape index (κ1) is 24.1. The zero-order chi connectivity index (χ0) is 24.2. The molecule has 0 fully saturated rings. The number of carbonyl (C=O) groups is 2. The van der Waals surface area contributed by atoms with Crippen LogP contribution in [0.2, 0.25) is 5.02 Å². The summed E-state index contributed by atoms with van der Waals surface area (Å²) < 4.78 is 32.5. The molecule has 10 heteroatoms. The number of anilines is 3. The molecule has 0 unspecified atom stereocenters. The van der Waals surface area contributed by atoms with E-state index >= 15 is 0 Å². The molecule has 0 radical (unpaired) electrons. The Kier molecular flexibility index (Phi) is 7.25. The third kappa shape index (κ3) is 5.44. The highest BCUT2D eigenvalue weighted by Crippen LogP contribution is 2.31. The van der Waals surface area contributed by atoms with Gasteiger partial charge in [-0.2, -0.15) is 0 Å². The maximum Gasteiger partial charge on any atom is 0.264 e. The van der Waals surface area contributed by atoms with Crippen LogP contribution >= 0.6 is 11.6 Å². The number of sulfonamides is 1. The Balaban J connectivity index is 1.78. The van der Waals surface area contributed by atoms with Crippen LogP contribution in [-0.2, 0) is 14.8 Å². The minimum absolute atomic E-state index is 0.0187. The van der Waals surface area contributed by atoms with Crippen LogP contribution in [0.1, 0.15) is 17.3 Å². The number of benzene rings is 3. The fourth-order valence-corrected chi connectivity index (χ4v) is 4.48. The summed E-state index contributed by atoms with van der Waals surface area (Å²) in [5.41, 5.74) is 1.48. The number of amides is 2. The quantitative estimate of drug-likeness (QED) is 0.514. The van der Waals surface area contributed by atoms with Crippen molar-refractivity contribution >= 4 is 50.5 Å². The monoisotopic (exact) mass is 487 g/mol. The Morgan fingerprint density at radius 2 is 1.64 bits per heavy atom. The molecule has 0 aliphatic carbocycles. The molecule has 0 bridgehead atoms. The SMILES string of the molecule is COc1ccccc1N(C)S(=O)(=O)c1ccc(C(=O)Nc2ccc(NC(C)=O)cc2Cl)cc1. The molecule has 0 atom stereocenters. The van der Waals surface area contributed by atoms with Gasteiger partial charge in [0.25, 0.3) is 15.9 Å². The number of carbonyl (C=O) groups excluding carboxylic acids is 2. The molecular weight excluding hydrogens is 466 g/mol. The molecule has 3 aromatic rings.